The second-order valence-electron chi connectivity index (χ2n) is 11.4. The van der Waals surface area contributed by atoms with Gasteiger partial charge in [0.05, 0.1) is 16.9 Å². The van der Waals surface area contributed by atoms with E-state index in [9.17, 15) is 22.8 Å². The Bertz CT molecular complexity index is 1700. The molecule has 1 aliphatic heterocycles. The Morgan fingerprint density at radius 2 is 1.70 bits per heavy atom. The van der Waals surface area contributed by atoms with Crippen LogP contribution in [-0.2, 0) is 19.7 Å². The normalized spacial score (nSPS) is 14.3. The first kappa shape index (κ1) is 31.9. The molecule has 0 saturated heterocycles. The van der Waals surface area contributed by atoms with E-state index in [1.54, 1.807) is 12.4 Å². The summed E-state index contributed by atoms with van der Waals surface area (Å²) in [5.74, 6) is -1.66. The van der Waals surface area contributed by atoms with E-state index in [1.165, 1.54) is 4.90 Å². The van der Waals surface area contributed by atoms with Crippen LogP contribution in [0.15, 0.2) is 58.0 Å². The highest BCUT2D eigenvalue weighted by Crippen LogP contribution is 2.41. The molecule has 0 bridgehead atoms. The molecule has 1 aliphatic rings. The van der Waals surface area contributed by atoms with Gasteiger partial charge in [-0.25, -0.2) is 9.78 Å². The Labute approximate surface area is 250 Å². The van der Waals surface area contributed by atoms with Crippen molar-refractivity contribution < 1.29 is 37.1 Å². The third kappa shape index (κ3) is 8.08. The highest BCUT2D eigenvalue weighted by molar-refractivity contribution is 7.85. The number of carbonyl (C=O) groups is 2. The quantitative estimate of drug-likeness (QED) is 0.215. The van der Waals surface area contributed by atoms with Gasteiger partial charge in [-0.1, -0.05) is 6.08 Å². The van der Waals surface area contributed by atoms with Gasteiger partial charge in [-0.2, -0.15) is 8.42 Å². The van der Waals surface area contributed by atoms with Gasteiger partial charge in [0.15, 0.2) is 12.4 Å². The minimum Gasteiger partial charge on any atom is -0.481 e. The lowest BCUT2D eigenvalue weighted by Crippen LogP contribution is -2.46. The van der Waals surface area contributed by atoms with Crippen LogP contribution in [0.1, 0.15) is 58.4 Å². The summed E-state index contributed by atoms with van der Waals surface area (Å²) in [5, 5.41) is 9.77. The molecule has 0 aliphatic carbocycles. The zero-order valence-corrected chi connectivity index (χ0v) is 25.4. The number of H-pyrrole nitrogens is 1. The van der Waals surface area contributed by atoms with Crippen molar-refractivity contribution in [2.75, 3.05) is 30.3 Å². The third-order valence-electron chi connectivity index (χ3n) is 7.63. The van der Waals surface area contributed by atoms with Crippen LogP contribution in [0.5, 0.6) is 0 Å². The third-order valence-corrected chi connectivity index (χ3v) is 8.44. The van der Waals surface area contributed by atoms with Gasteiger partial charge in [0.25, 0.3) is 10.1 Å². The molecular weight excluding hydrogens is 574 g/mol. The summed E-state index contributed by atoms with van der Waals surface area (Å²) in [6.45, 7) is 6.99. The van der Waals surface area contributed by atoms with E-state index in [-0.39, 0.29) is 44.7 Å². The monoisotopic (exact) mass is 612 g/mol. The maximum Gasteiger partial charge on any atom is 0.344 e. The van der Waals surface area contributed by atoms with E-state index in [0.29, 0.717) is 24.1 Å². The molecule has 0 radical (unpaired) electrons. The molecule has 2 aromatic heterocycles. The van der Waals surface area contributed by atoms with Gasteiger partial charge in [-0.05, 0) is 57.7 Å². The number of carboxylic acid groups (broad SMARTS) is 1. The first-order chi connectivity index (χ1) is 20.2. The molecule has 4 rings (SSSR count). The molecule has 0 spiro atoms. The van der Waals surface area contributed by atoms with Crippen molar-refractivity contribution in [2.24, 2.45) is 0 Å². The number of pyridine rings is 1. The fourth-order valence-electron chi connectivity index (χ4n) is 5.63. The number of anilines is 1. The predicted molar refractivity (Wildman–Crippen MR) is 163 cm³/mol. The lowest BCUT2D eigenvalue weighted by Gasteiger charge is -2.43. The van der Waals surface area contributed by atoms with Crippen LogP contribution in [0.2, 0.25) is 0 Å². The van der Waals surface area contributed by atoms with Gasteiger partial charge >= 0.3 is 11.6 Å². The zero-order valence-electron chi connectivity index (χ0n) is 24.6. The van der Waals surface area contributed by atoms with Gasteiger partial charge in [0, 0.05) is 72.9 Å². The van der Waals surface area contributed by atoms with Crippen molar-refractivity contribution in [3.8, 4) is 11.1 Å². The molecule has 0 unspecified atom stereocenters. The van der Waals surface area contributed by atoms with Crippen LogP contribution in [0.4, 0.5) is 5.69 Å². The van der Waals surface area contributed by atoms with Crippen molar-refractivity contribution in [1.82, 2.24) is 4.90 Å². The Morgan fingerprint density at radius 3 is 2.37 bits per heavy atom. The smallest absolute Gasteiger partial charge is 0.344 e. The van der Waals surface area contributed by atoms with E-state index in [2.05, 4.69) is 29.8 Å². The van der Waals surface area contributed by atoms with Crippen molar-refractivity contribution in [1.29, 1.82) is 0 Å². The number of aromatic amines is 1. The largest absolute Gasteiger partial charge is 0.481 e. The van der Waals surface area contributed by atoms with Crippen molar-refractivity contribution >= 4 is 44.2 Å². The number of fused-ring (bicyclic) bond motifs is 2. The van der Waals surface area contributed by atoms with Crippen LogP contribution < -0.4 is 15.5 Å². The lowest BCUT2D eigenvalue weighted by molar-refractivity contribution is -0.377. The number of hydrogen-bond donors (Lipinski definition) is 2. The number of aliphatic carboxylic acids is 1. The van der Waals surface area contributed by atoms with Gasteiger partial charge in [-0.3, -0.25) is 14.1 Å². The number of carbonyl (C=O) groups excluding carboxylic acids is 1. The Morgan fingerprint density at radius 1 is 1.02 bits per heavy atom. The van der Waals surface area contributed by atoms with E-state index in [0.717, 1.165) is 27.8 Å². The van der Waals surface area contributed by atoms with Crippen LogP contribution in [0.25, 0.3) is 27.7 Å². The van der Waals surface area contributed by atoms with Crippen LogP contribution in [0, 0.1) is 0 Å². The maximum absolute atomic E-state index is 13.1. The summed E-state index contributed by atoms with van der Waals surface area (Å²) in [6, 6.07) is 9.37. The van der Waals surface area contributed by atoms with E-state index >= 15 is 0 Å². The van der Waals surface area contributed by atoms with Crippen molar-refractivity contribution in [3.63, 3.8) is 0 Å². The number of nitrogens with zero attached hydrogens (tertiary/aromatic N) is 2. The van der Waals surface area contributed by atoms with Gasteiger partial charge in [0.1, 0.15) is 5.58 Å². The second-order valence-corrected chi connectivity index (χ2v) is 13.0. The fraction of sp³-hybridized carbons (Fsp3) is 0.419. The molecule has 11 nitrogen and oxygen atoms in total. The summed E-state index contributed by atoms with van der Waals surface area (Å²) in [6.07, 6.45) is 6.50. The molecular formula is C31H38N3O8S+. The Kier molecular flexibility index (Phi) is 9.71. The number of hydrogen-bond acceptors (Lipinski definition) is 7. The van der Waals surface area contributed by atoms with E-state index in [4.69, 9.17) is 14.1 Å². The molecule has 3 aromatic rings. The van der Waals surface area contributed by atoms with E-state index in [1.807, 2.05) is 37.3 Å². The molecule has 3 heterocycles. The second kappa shape index (κ2) is 13.1. The number of nitrogens with one attached hydrogen (secondary N) is 1. The summed E-state index contributed by atoms with van der Waals surface area (Å²) >= 11 is 0. The molecule has 0 saturated carbocycles. The predicted octanol–water partition coefficient (Wildman–Crippen LogP) is 4.03. The molecule has 3 N–H and O–H groups in total. The van der Waals surface area contributed by atoms with Crippen LogP contribution >= 0.6 is 0 Å². The van der Waals surface area contributed by atoms with Crippen LogP contribution in [-0.4, -0.2) is 65.8 Å². The Balaban J connectivity index is 1.54. The highest BCUT2D eigenvalue weighted by atomic mass is 32.2. The SMILES string of the molecule is CC1=CC(C)(C)N(CCCC(=O)N(CCCC(=O)O)CCCS(=O)(=O)O)c2cc3oc(=O)c(-c4cc[nH+]cc4)cc3cc21. The minimum atomic E-state index is -4.16. The molecule has 0 atom stereocenters. The number of allylic oxidation sites excluding steroid dienone is 1. The fourth-order valence-corrected chi connectivity index (χ4v) is 6.13. The molecule has 1 amide bonds. The first-order valence-electron chi connectivity index (χ1n) is 14.3. The number of aromatic nitrogens is 1. The summed E-state index contributed by atoms with van der Waals surface area (Å²) in [4.78, 5) is 43.6. The standard InChI is InChI=1S/C31H37N3O8S/c1-21-20-31(2,3)34(15-4-7-28(35)33(13-5-8-29(36)37)14-6-16-43(39,40)41)26-19-27-23(17-24(21)26)18-25(30(38)42-27)22-9-11-32-12-10-22/h9-12,17-20H,4-8,13-16H2,1-3H3,(H,36,37)(H,39,40,41)/p+1. The summed E-state index contributed by atoms with van der Waals surface area (Å²) < 4.78 is 37.1. The average Bonchev–Trinajstić information content (AvgIpc) is 2.92. The average molecular weight is 613 g/mol. The topological polar surface area (TPSA) is 160 Å². The number of carboxylic acids is 1. The van der Waals surface area contributed by atoms with Crippen molar-refractivity contribution in [2.45, 2.75) is 58.4 Å². The molecule has 43 heavy (non-hydrogen) atoms. The molecule has 230 valence electrons. The number of benzene rings is 1. The number of rotatable bonds is 13. The summed E-state index contributed by atoms with van der Waals surface area (Å²) in [7, 11) is -4.16. The van der Waals surface area contributed by atoms with Gasteiger partial charge in [-0.15, -0.1) is 0 Å². The highest BCUT2D eigenvalue weighted by Gasteiger charge is 2.32. The summed E-state index contributed by atoms with van der Waals surface area (Å²) in [5.41, 5.74) is 3.83. The Hall–Kier alpha value is -4.03. The van der Waals surface area contributed by atoms with Crippen molar-refractivity contribution in [3.05, 3.63) is 64.8 Å². The number of amides is 1. The maximum atomic E-state index is 13.1. The molecule has 0 fully saturated rings. The zero-order chi connectivity index (χ0) is 31.4. The molecule has 12 heteroatoms. The van der Waals surface area contributed by atoms with Gasteiger partial charge in [0.2, 0.25) is 5.91 Å². The lowest BCUT2D eigenvalue weighted by atomic mass is 9.87. The molecule has 1 aromatic carbocycles. The first-order valence-corrected chi connectivity index (χ1v) is 15.9. The van der Waals surface area contributed by atoms with Crippen LogP contribution in [0.3, 0.4) is 0 Å². The minimum absolute atomic E-state index is 0.0525. The van der Waals surface area contributed by atoms with E-state index < -0.39 is 33.0 Å². The van der Waals surface area contributed by atoms with Gasteiger partial charge < -0.3 is 19.3 Å².